The van der Waals surface area contributed by atoms with Gasteiger partial charge in [-0.05, 0) is 31.4 Å². The minimum atomic E-state index is 0.495. The molecule has 0 aliphatic heterocycles. The maximum atomic E-state index is 5.54. The van der Waals surface area contributed by atoms with Gasteiger partial charge in [0.05, 0.1) is 5.69 Å². The number of hydrogen-bond donors (Lipinski definition) is 1. The van der Waals surface area contributed by atoms with Crippen LogP contribution in [0.2, 0.25) is 0 Å². The van der Waals surface area contributed by atoms with Gasteiger partial charge in [-0.15, -0.1) is 0 Å². The van der Waals surface area contributed by atoms with Gasteiger partial charge in [-0.3, -0.25) is 4.68 Å². The summed E-state index contributed by atoms with van der Waals surface area (Å²) in [6.07, 6.45) is 3.05. The summed E-state index contributed by atoms with van der Waals surface area (Å²) in [5, 5.41) is 4.51. The van der Waals surface area contributed by atoms with Crippen molar-refractivity contribution in [3.8, 4) is 0 Å². The second-order valence-electron chi connectivity index (χ2n) is 3.59. The summed E-state index contributed by atoms with van der Waals surface area (Å²) in [6.45, 7) is 8.08. The van der Waals surface area contributed by atoms with Crippen LogP contribution in [0.15, 0.2) is 6.20 Å². The van der Waals surface area contributed by atoms with Crippen molar-refractivity contribution in [1.82, 2.24) is 9.78 Å². The maximum Gasteiger partial charge on any atom is 0.0682 e. The number of aryl methyl sites for hydroxylation is 1. The Hall–Kier alpha value is -0.830. The highest BCUT2D eigenvalue weighted by Gasteiger charge is 2.10. The fourth-order valence-corrected chi connectivity index (χ4v) is 1.47. The van der Waals surface area contributed by atoms with E-state index < -0.39 is 0 Å². The van der Waals surface area contributed by atoms with Crippen LogP contribution in [-0.2, 0) is 13.0 Å². The third kappa shape index (κ3) is 2.31. The summed E-state index contributed by atoms with van der Waals surface area (Å²) in [7, 11) is 0. The van der Waals surface area contributed by atoms with Gasteiger partial charge < -0.3 is 5.73 Å². The zero-order valence-electron chi connectivity index (χ0n) is 8.75. The third-order valence-corrected chi connectivity index (χ3v) is 2.15. The van der Waals surface area contributed by atoms with Crippen molar-refractivity contribution in [2.24, 2.45) is 5.73 Å². The molecule has 13 heavy (non-hydrogen) atoms. The van der Waals surface area contributed by atoms with E-state index in [1.807, 2.05) is 4.68 Å². The molecule has 3 heteroatoms. The smallest absolute Gasteiger partial charge is 0.0682 e. The van der Waals surface area contributed by atoms with Crippen LogP contribution in [-0.4, -0.2) is 16.3 Å². The zero-order valence-corrected chi connectivity index (χ0v) is 8.75. The summed E-state index contributed by atoms with van der Waals surface area (Å²) in [5.74, 6) is 0.495. The van der Waals surface area contributed by atoms with Gasteiger partial charge in [0.25, 0.3) is 0 Å². The predicted octanol–water partition coefficient (Wildman–Crippen LogP) is 1.53. The summed E-state index contributed by atoms with van der Waals surface area (Å²) in [6, 6.07) is 0. The van der Waals surface area contributed by atoms with E-state index in [-0.39, 0.29) is 0 Å². The first-order chi connectivity index (χ1) is 6.19. The molecule has 1 aromatic heterocycles. The van der Waals surface area contributed by atoms with E-state index in [2.05, 4.69) is 32.1 Å². The lowest BCUT2D eigenvalue weighted by Crippen LogP contribution is -2.04. The predicted molar refractivity (Wildman–Crippen MR) is 54.7 cm³/mol. The Morgan fingerprint density at radius 2 is 2.23 bits per heavy atom. The Bertz CT molecular complexity index is 263. The van der Waals surface area contributed by atoms with Crippen molar-refractivity contribution >= 4 is 0 Å². The van der Waals surface area contributed by atoms with Gasteiger partial charge in [-0.25, -0.2) is 0 Å². The van der Waals surface area contributed by atoms with Crippen LogP contribution in [0, 0.1) is 0 Å². The third-order valence-electron chi connectivity index (χ3n) is 2.15. The molecule has 0 radical (unpaired) electrons. The molecule has 1 aromatic rings. The lowest BCUT2D eigenvalue weighted by molar-refractivity contribution is 0.635. The molecule has 0 atom stereocenters. The molecule has 1 rings (SSSR count). The monoisotopic (exact) mass is 181 g/mol. The summed E-state index contributed by atoms with van der Waals surface area (Å²) < 4.78 is 1.99. The van der Waals surface area contributed by atoms with Crippen molar-refractivity contribution in [3.05, 3.63) is 17.5 Å². The topological polar surface area (TPSA) is 43.8 Å². The van der Waals surface area contributed by atoms with Gasteiger partial charge in [0.2, 0.25) is 0 Å². The summed E-state index contributed by atoms with van der Waals surface area (Å²) >= 11 is 0. The average Bonchev–Trinajstić information content (AvgIpc) is 2.48. The van der Waals surface area contributed by atoms with Crippen LogP contribution in [0.4, 0.5) is 0 Å². The van der Waals surface area contributed by atoms with Gasteiger partial charge in [0, 0.05) is 12.7 Å². The lowest BCUT2D eigenvalue weighted by Gasteiger charge is -2.02. The van der Waals surface area contributed by atoms with Gasteiger partial charge in [-0.1, -0.05) is 13.8 Å². The second-order valence-corrected chi connectivity index (χ2v) is 3.59. The minimum absolute atomic E-state index is 0.495. The number of nitrogens with zero attached hydrogens (tertiary/aromatic N) is 2. The van der Waals surface area contributed by atoms with Gasteiger partial charge >= 0.3 is 0 Å². The minimum Gasteiger partial charge on any atom is -0.330 e. The Labute approximate surface area is 79.9 Å². The first kappa shape index (κ1) is 10.3. The van der Waals surface area contributed by atoms with Crippen molar-refractivity contribution < 1.29 is 0 Å². The molecule has 74 valence electrons. The van der Waals surface area contributed by atoms with Gasteiger partial charge in [0.15, 0.2) is 0 Å². The molecule has 0 aliphatic rings. The molecule has 0 amide bonds. The van der Waals surface area contributed by atoms with E-state index in [4.69, 9.17) is 5.73 Å². The molecular formula is C10H19N3. The second kappa shape index (κ2) is 4.42. The Balaban J connectivity index is 2.93. The SMILES string of the molecule is CCn1cc(CCN)c(C(C)C)n1. The first-order valence-electron chi connectivity index (χ1n) is 4.95. The van der Waals surface area contributed by atoms with Crippen LogP contribution < -0.4 is 5.73 Å². The summed E-state index contributed by atoms with van der Waals surface area (Å²) in [4.78, 5) is 0. The molecule has 0 saturated heterocycles. The highest BCUT2D eigenvalue weighted by Crippen LogP contribution is 2.17. The Morgan fingerprint density at radius 3 is 2.69 bits per heavy atom. The molecule has 0 bridgehead atoms. The zero-order chi connectivity index (χ0) is 9.84. The van der Waals surface area contributed by atoms with E-state index in [0.29, 0.717) is 12.5 Å². The van der Waals surface area contributed by atoms with Gasteiger partial charge in [-0.2, -0.15) is 5.10 Å². The van der Waals surface area contributed by atoms with Crippen LogP contribution in [0.25, 0.3) is 0 Å². The lowest BCUT2D eigenvalue weighted by atomic mass is 10.0. The largest absolute Gasteiger partial charge is 0.330 e. The van der Waals surface area contributed by atoms with E-state index in [0.717, 1.165) is 13.0 Å². The van der Waals surface area contributed by atoms with E-state index in [1.165, 1.54) is 11.3 Å². The normalized spacial score (nSPS) is 11.2. The van der Waals surface area contributed by atoms with E-state index in [9.17, 15) is 0 Å². The first-order valence-corrected chi connectivity index (χ1v) is 4.95. The maximum absolute atomic E-state index is 5.54. The highest BCUT2D eigenvalue weighted by molar-refractivity contribution is 5.20. The van der Waals surface area contributed by atoms with Crippen LogP contribution >= 0.6 is 0 Å². The van der Waals surface area contributed by atoms with Crippen LogP contribution in [0.3, 0.4) is 0 Å². The molecule has 3 nitrogen and oxygen atoms in total. The van der Waals surface area contributed by atoms with Crippen molar-refractivity contribution in [2.45, 2.75) is 39.7 Å². The number of nitrogens with two attached hydrogens (primary N) is 1. The molecule has 0 fully saturated rings. The van der Waals surface area contributed by atoms with Crippen LogP contribution in [0.1, 0.15) is 37.9 Å². The molecule has 0 aromatic carbocycles. The van der Waals surface area contributed by atoms with Crippen molar-refractivity contribution in [3.63, 3.8) is 0 Å². The van der Waals surface area contributed by atoms with Gasteiger partial charge in [0.1, 0.15) is 0 Å². The quantitative estimate of drug-likeness (QED) is 0.765. The number of hydrogen-bond acceptors (Lipinski definition) is 2. The number of aromatic nitrogens is 2. The average molecular weight is 181 g/mol. The molecule has 0 unspecified atom stereocenters. The van der Waals surface area contributed by atoms with E-state index in [1.54, 1.807) is 0 Å². The van der Waals surface area contributed by atoms with Crippen molar-refractivity contribution in [2.75, 3.05) is 6.54 Å². The number of rotatable bonds is 4. The Kier molecular flexibility index (Phi) is 3.48. The molecule has 1 heterocycles. The van der Waals surface area contributed by atoms with E-state index >= 15 is 0 Å². The standard InChI is InChI=1S/C10H19N3/c1-4-13-7-9(5-6-11)10(12-13)8(2)3/h7-8H,4-6,11H2,1-3H3. The molecule has 0 saturated carbocycles. The molecule has 0 spiro atoms. The fraction of sp³-hybridized carbons (Fsp3) is 0.700. The fourth-order valence-electron chi connectivity index (χ4n) is 1.47. The highest BCUT2D eigenvalue weighted by atomic mass is 15.3. The van der Waals surface area contributed by atoms with Crippen LogP contribution in [0.5, 0.6) is 0 Å². The molecule has 2 N–H and O–H groups in total. The molecule has 0 aliphatic carbocycles. The Morgan fingerprint density at radius 1 is 1.54 bits per heavy atom. The van der Waals surface area contributed by atoms with Crippen molar-refractivity contribution in [1.29, 1.82) is 0 Å². The summed E-state index contributed by atoms with van der Waals surface area (Å²) in [5.41, 5.74) is 8.05. The molecular weight excluding hydrogens is 162 g/mol.